The first-order valence-corrected chi connectivity index (χ1v) is 3.57. The van der Waals surface area contributed by atoms with Crippen molar-refractivity contribution in [1.82, 2.24) is 0 Å². The molecule has 1 aromatic carbocycles. The van der Waals surface area contributed by atoms with Gasteiger partial charge in [-0.05, 0) is 24.1 Å². The molecular weight excluding hydrogens is 172 g/mol. The Hall–Kier alpha value is -1.64. The third-order valence-corrected chi connectivity index (χ3v) is 1.50. The van der Waals surface area contributed by atoms with Crippen molar-refractivity contribution in [3.63, 3.8) is 0 Å². The maximum absolute atomic E-state index is 8.19. The van der Waals surface area contributed by atoms with Crippen LogP contribution in [0.15, 0.2) is 18.2 Å². The second kappa shape index (κ2) is 3.67. The summed E-state index contributed by atoms with van der Waals surface area (Å²) in [4.78, 5) is 0. The lowest BCUT2D eigenvalue weighted by Gasteiger charge is -1.96. The number of nitrogens with two attached hydrogens (primary N) is 1. The van der Waals surface area contributed by atoms with Gasteiger partial charge in [0, 0.05) is 16.6 Å². The summed E-state index contributed by atoms with van der Waals surface area (Å²) in [6.07, 6.45) is 0. The van der Waals surface area contributed by atoms with Crippen LogP contribution in [0.4, 0.5) is 5.69 Å². The zero-order valence-corrected chi connectivity index (χ0v) is 6.89. The van der Waals surface area contributed by atoms with E-state index in [1.54, 1.807) is 24.3 Å². The monoisotopic (exact) mass is 176 g/mol. The van der Waals surface area contributed by atoms with Crippen LogP contribution in [0.25, 0.3) is 0 Å². The number of nitrogen functional groups attached to an aromatic ring is 1. The molecule has 2 nitrogen and oxygen atoms in total. The van der Waals surface area contributed by atoms with Gasteiger partial charge in [0.25, 0.3) is 0 Å². The summed E-state index contributed by atoms with van der Waals surface area (Å²) in [7, 11) is 0. The van der Waals surface area contributed by atoms with E-state index in [4.69, 9.17) is 22.6 Å². The number of hydrogen-bond acceptors (Lipinski definition) is 2. The number of rotatable bonds is 0. The molecular formula is C9H5ClN2. The Labute approximate surface area is 75.6 Å². The highest BCUT2D eigenvalue weighted by Crippen LogP contribution is 2.16. The minimum Gasteiger partial charge on any atom is -0.398 e. The van der Waals surface area contributed by atoms with Crippen LogP contribution < -0.4 is 5.73 Å². The molecule has 2 N–H and O–H groups in total. The lowest BCUT2D eigenvalue weighted by atomic mass is 10.2. The highest BCUT2D eigenvalue weighted by atomic mass is 35.5. The second-order valence-corrected chi connectivity index (χ2v) is 2.53. The zero-order valence-electron chi connectivity index (χ0n) is 6.13. The Morgan fingerprint density at radius 2 is 2.17 bits per heavy atom. The standard InChI is InChI=1S/C9H5ClN2/c10-8-3-4-9(12)7(6-8)2-1-5-11/h3-4,6H,12H2. The Morgan fingerprint density at radius 3 is 2.83 bits per heavy atom. The summed E-state index contributed by atoms with van der Waals surface area (Å²) in [5, 5.41) is 8.75. The Kier molecular flexibility index (Phi) is 2.58. The Morgan fingerprint density at radius 1 is 1.42 bits per heavy atom. The topological polar surface area (TPSA) is 49.8 Å². The van der Waals surface area contributed by atoms with Gasteiger partial charge in [-0.25, -0.2) is 0 Å². The van der Waals surface area contributed by atoms with Crippen LogP contribution in [0, 0.1) is 23.2 Å². The van der Waals surface area contributed by atoms with Crippen LogP contribution in [-0.2, 0) is 0 Å². The van der Waals surface area contributed by atoms with Crippen molar-refractivity contribution >= 4 is 17.3 Å². The summed E-state index contributed by atoms with van der Waals surface area (Å²) in [5.74, 6) is 4.83. The zero-order chi connectivity index (χ0) is 8.97. The first-order chi connectivity index (χ1) is 5.74. The summed E-state index contributed by atoms with van der Waals surface area (Å²) >= 11 is 5.69. The average molecular weight is 177 g/mol. The van der Waals surface area contributed by atoms with Crippen molar-refractivity contribution in [2.24, 2.45) is 0 Å². The van der Waals surface area contributed by atoms with E-state index in [1.165, 1.54) is 0 Å². The van der Waals surface area contributed by atoms with Gasteiger partial charge in [-0.3, -0.25) is 0 Å². The third-order valence-electron chi connectivity index (χ3n) is 1.27. The van der Waals surface area contributed by atoms with E-state index in [0.29, 0.717) is 16.3 Å². The molecule has 0 heterocycles. The van der Waals surface area contributed by atoms with E-state index < -0.39 is 0 Å². The SMILES string of the molecule is N#CC#Cc1cc(Cl)ccc1N. The molecule has 0 aliphatic rings. The van der Waals surface area contributed by atoms with Gasteiger partial charge in [0.1, 0.15) is 0 Å². The quantitative estimate of drug-likeness (QED) is 0.484. The fraction of sp³-hybridized carbons (Fsp3) is 0. The van der Waals surface area contributed by atoms with E-state index in [-0.39, 0.29) is 0 Å². The normalized spacial score (nSPS) is 8.00. The lowest BCUT2D eigenvalue weighted by Crippen LogP contribution is -1.88. The van der Waals surface area contributed by atoms with E-state index in [0.717, 1.165) is 0 Å². The van der Waals surface area contributed by atoms with Crippen molar-refractivity contribution < 1.29 is 0 Å². The molecule has 0 aromatic heterocycles. The predicted molar refractivity (Wildman–Crippen MR) is 48.4 cm³/mol. The lowest BCUT2D eigenvalue weighted by molar-refractivity contribution is 1.55. The number of nitrogens with zero attached hydrogens (tertiary/aromatic N) is 1. The Bertz CT molecular complexity index is 393. The van der Waals surface area contributed by atoms with Crippen LogP contribution in [0.3, 0.4) is 0 Å². The maximum atomic E-state index is 8.19. The number of nitriles is 1. The largest absolute Gasteiger partial charge is 0.398 e. The van der Waals surface area contributed by atoms with Gasteiger partial charge >= 0.3 is 0 Å². The third kappa shape index (κ3) is 1.92. The van der Waals surface area contributed by atoms with Crippen LogP contribution in [0.5, 0.6) is 0 Å². The fourth-order valence-electron chi connectivity index (χ4n) is 0.732. The van der Waals surface area contributed by atoms with Gasteiger partial charge in [0.15, 0.2) is 6.07 Å². The molecule has 0 aliphatic heterocycles. The van der Waals surface area contributed by atoms with E-state index in [9.17, 15) is 0 Å². The smallest absolute Gasteiger partial charge is 0.152 e. The molecule has 0 amide bonds. The molecule has 0 radical (unpaired) electrons. The molecule has 0 fully saturated rings. The Balaban J connectivity index is 3.16. The van der Waals surface area contributed by atoms with Crippen molar-refractivity contribution in [2.75, 3.05) is 5.73 Å². The molecule has 1 aromatic rings. The highest BCUT2D eigenvalue weighted by molar-refractivity contribution is 6.30. The molecule has 0 saturated carbocycles. The number of anilines is 1. The van der Waals surface area contributed by atoms with Gasteiger partial charge in [-0.1, -0.05) is 11.6 Å². The van der Waals surface area contributed by atoms with Gasteiger partial charge in [0.2, 0.25) is 0 Å². The predicted octanol–water partition coefficient (Wildman–Crippen LogP) is 1.80. The molecule has 0 bridgehead atoms. The average Bonchev–Trinajstić information content (AvgIpc) is 2.07. The van der Waals surface area contributed by atoms with Crippen molar-refractivity contribution in [3.8, 4) is 17.9 Å². The summed E-state index contributed by atoms with van der Waals surface area (Å²) < 4.78 is 0. The maximum Gasteiger partial charge on any atom is 0.152 e. The number of benzene rings is 1. The molecule has 0 atom stereocenters. The summed E-state index contributed by atoms with van der Waals surface area (Å²) in [5.41, 5.74) is 6.68. The minimum absolute atomic E-state index is 0.530. The van der Waals surface area contributed by atoms with E-state index in [1.807, 2.05) is 0 Å². The summed E-state index contributed by atoms with van der Waals surface area (Å²) in [6, 6.07) is 6.66. The van der Waals surface area contributed by atoms with Crippen molar-refractivity contribution in [3.05, 3.63) is 28.8 Å². The fourth-order valence-corrected chi connectivity index (χ4v) is 0.904. The first-order valence-electron chi connectivity index (χ1n) is 3.19. The minimum atomic E-state index is 0.530. The van der Waals surface area contributed by atoms with Crippen LogP contribution in [0.1, 0.15) is 5.56 Å². The summed E-state index contributed by atoms with van der Waals surface area (Å²) in [6.45, 7) is 0. The van der Waals surface area contributed by atoms with E-state index >= 15 is 0 Å². The second-order valence-electron chi connectivity index (χ2n) is 2.09. The van der Waals surface area contributed by atoms with Crippen molar-refractivity contribution in [1.29, 1.82) is 5.26 Å². The highest BCUT2D eigenvalue weighted by Gasteiger charge is 1.95. The molecule has 0 saturated heterocycles. The molecule has 3 heteroatoms. The number of halogens is 1. The van der Waals surface area contributed by atoms with Gasteiger partial charge in [0.05, 0.1) is 5.56 Å². The van der Waals surface area contributed by atoms with Crippen LogP contribution >= 0.6 is 11.6 Å². The molecule has 0 aliphatic carbocycles. The molecule has 1 rings (SSSR count). The van der Waals surface area contributed by atoms with Crippen molar-refractivity contribution in [2.45, 2.75) is 0 Å². The molecule has 0 unspecified atom stereocenters. The molecule has 58 valence electrons. The van der Waals surface area contributed by atoms with Gasteiger partial charge < -0.3 is 5.73 Å². The van der Waals surface area contributed by atoms with E-state index in [2.05, 4.69) is 11.8 Å². The molecule has 0 spiro atoms. The van der Waals surface area contributed by atoms with Gasteiger partial charge in [-0.2, -0.15) is 5.26 Å². The first kappa shape index (κ1) is 8.46. The van der Waals surface area contributed by atoms with Crippen LogP contribution in [0.2, 0.25) is 5.02 Å². The number of hydrogen-bond donors (Lipinski definition) is 1. The van der Waals surface area contributed by atoms with Gasteiger partial charge in [-0.15, -0.1) is 0 Å². The van der Waals surface area contributed by atoms with Crippen LogP contribution in [-0.4, -0.2) is 0 Å². The molecule has 12 heavy (non-hydrogen) atoms.